The molecule has 0 fully saturated rings. The van der Waals surface area contributed by atoms with Crippen molar-refractivity contribution in [3.05, 3.63) is 23.6 Å². The van der Waals surface area contributed by atoms with E-state index in [9.17, 15) is 87.8 Å². The molecule has 0 bridgehead atoms. The first-order chi connectivity index (χ1) is 13.2. The molecule has 0 nitrogen and oxygen atoms in total. The lowest BCUT2D eigenvalue weighted by Crippen LogP contribution is -2.72. The molecule has 0 radical (unpaired) electrons. The molecular formula is C11F20. The molecule has 0 saturated carbocycles. The topological polar surface area (TPSA) is 0 Å². The molecule has 0 amide bonds. The summed E-state index contributed by atoms with van der Waals surface area (Å²) >= 11 is 0. The third kappa shape index (κ3) is 3.89. The molecule has 20 heteroatoms. The number of hydrogen-bond acceptors (Lipinski definition) is 0. The summed E-state index contributed by atoms with van der Waals surface area (Å²) in [6, 6.07) is 0. The first kappa shape index (κ1) is 29.1. The van der Waals surface area contributed by atoms with Gasteiger partial charge in [0.05, 0.1) is 0 Å². The van der Waals surface area contributed by atoms with Crippen LogP contribution in [0.3, 0.4) is 0 Å². The number of alkyl halides is 15. The fourth-order valence-corrected chi connectivity index (χ4v) is 1.42. The molecule has 0 rings (SSSR count). The van der Waals surface area contributed by atoms with Crippen molar-refractivity contribution in [2.75, 3.05) is 0 Å². The monoisotopic (exact) mass is 512 g/mol. The number of allylic oxidation sites excluding steroid dienone is 3. The average molecular weight is 512 g/mol. The summed E-state index contributed by atoms with van der Waals surface area (Å²) in [6.07, 6.45) is -12.0. The van der Waals surface area contributed by atoms with E-state index in [0.717, 1.165) is 0 Å². The summed E-state index contributed by atoms with van der Waals surface area (Å²) in [6.45, 7) is 0. The second-order valence-corrected chi connectivity index (χ2v) is 5.15. The van der Waals surface area contributed by atoms with Gasteiger partial charge in [0.25, 0.3) is 0 Å². The zero-order valence-corrected chi connectivity index (χ0v) is 13.1. The quantitative estimate of drug-likeness (QED) is 0.244. The molecule has 0 aromatic carbocycles. The Bertz CT molecular complexity index is 744. The third-order valence-corrected chi connectivity index (χ3v) is 3.15. The van der Waals surface area contributed by atoms with Crippen LogP contribution in [0.4, 0.5) is 87.8 Å². The van der Waals surface area contributed by atoms with E-state index >= 15 is 0 Å². The highest BCUT2D eigenvalue weighted by atomic mass is 19.4. The van der Waals surface area contributed by atoms with Crippen molar-refractivity contribution in [1.82, 2.24) is 0 Å². The van der Waals surface area contributed by atoms with Gasteiger partial charge < -0.3 is 0 Å². The van der Waals surface area contributed by atoms with Crippen LogP contribution in [0.2, 0.25) is 0 Å². The predicted octanol–water partition coefficient (Wildman–Crippen LogP) is 7.59. The van der Waals surface area contributed by atoms with Crippen LogP contribution in [0.25, 0.3) is 0 Å². The Labute approximate surface area is 154 Å². The molecule has 0 aliphatic heterocycles. The minimum Gasteiger partial charge on any atom is -0.201 e. The maximum atomic E-state index is 13.2. The van der Waals surface area contributed by atoms with Crippen molar-refractivity contribution < 1.29 is 87.8 Å². The van der Waals surface area contributed by atoms with Gasteiger partial charge in [-0.15, -0.1) is 0 Å². The third-order valence-electron chi connectivity index (χ3n) is 3.15. The summed E-state index contributed by atoms with van der Waals surface area (Å²) < 4.78 is 252. The molecule has 0 aliphatic carbocycles. The number of hydrogen-bond donors (Lipinski definition) is 0. The van der Waals surface area contributed by atoms with Crippen molar-refractivity contribution >= 4 is 0 Å². The molecule has 31 heavy (non-hydrogen) atoms. The Kier molecular flexibility index (Phi) is 7.12. The van der Waals surface area contributed by atoms with Crippen LogP contribution < -0.4 is 0 Å². The SMILES string of the molecule is FC(F)=C(F)C(F)=C(F)C(F)(F)C(F)(F)C(F)(F)C(F)(F)C(F)(F)C(F)(F)C(F)(F)F. The minimum atomic E-state index is -8.80. The highest BCUT2D eigenvalue weighted by Gasteiger charge is 2.93. The molecular weight excluding hydrogens is 512 g/mol. The molecule has 0 unspecified atom stereocenters. The predicted molar refractivity (Wildman–Crippen MR) is 55.3 cm³/mol. The maximum absolute atomic E-state index is 13.2. The Morgan fingerprint density at radius 2 is 0.645 bits per heavy atom. The van der Waals surface area contributed by atoms with Crippen LogP contribution in [0, 0.1) is 0 Å². The van der Waals surface area contributed by atoms with E-state index < -0.39 is 65.3 Å². The fourth-order valence-electron chi connectivity index (χ4n) is 1.42. The average Bonchev–Trinajstić information content (AvgIpc) is 2.57. The molecule has 0 atom stereocenters. The molecule has 0 aliphatic rings. The lowest BCUT2D eigenvalue weighted by molar-refractivity contribution is -0.450. The summed E-state index contributed by atoms with van der Waals surface area (Å²) in [5, 5.41) is 0. The van der Waals surface area contributed by atoms with Gasteiger partial charge in [-0.25, -0.2) is 8.78 Å². The van der Waals surface area contributed by atoms with Gasteiger partial charge in [0.15, 0.2) is 0 Å². The van der Waals surface area contributed by atoms with E-state index in [0.29, 0.717) is 0 Å². The molecule has 0 heterocycles. The molecule has 0 N–H and O–H groups in total. The lowest BCUT2D eigenvalue weighted by atomic mass is 9.90. The van der Waals surface area contributed by atoms with Crippen molar-refractivity contribution in [3.63, 3.8) is 0 Å². The van der Waals surface area contributed by atoms with Gasteiger partial charge in [-0.3, -0.25) is 0 Å². The van der Waals surface area contributed by atoms with E-state index in [1.54, 1.807) is 0 Å². The van der Waals surface area contributed by atoms with Gasteiger partial charge in [-0.05, 0) is 0 Å². The summed E-state index contributed by atoms with van der Waals surface area (Å²) in [4.78, 5) is 0. The van der Waals surface area contributed by atoms with Gasteiger partial charge >= 0.3 is 47.8 Å². The van der Waals surface area contributed by atoms with Gasteiger partial charge in [-0.2, -0.15) is 79.0 Å². The van der Waals surface area contributed by atoms with E-state index in [1.165, 1.54) is 0 Å². The van der Waals surface area contributed by atoms with Crippen LogP contribution in [-0.2, 0) is 0 Å². The molecule has 0 aromatic rings. The minimum absolute atomic E-state index is 4.10. The summed E-state index contributed by atoms with van der Waals surface area (Å²) in [5.74, 6) is -64.7. The summed E-state index contributed by atoms with van der Waals surface area (Å²) in [5.41, 5.74) is 0. The zero-order chi connectivity index (χ0) is 25.8. The van der Waals surface area contributed by atoms with Crippen LogP contribution in [0.1, 0.15) is 0 Å². The molecule has 0 saturated heterocycles. The largest absolute Gasteiger partial charge is 0.460 e. The standard InChI is InChI=1S/C11F20/c12-1(2(13)4(15)16)3(14)5(17,18)6(19,20)7(21,22)8(23,24)9(25,26)10(27,28)11(29,30)31. The maximum Gasteiger partial charge on any atom is 0.460 e. The van der Waals surface area contributed by atoms with Gasteiger partial charge in [-0.1, -0.05) is 0 Å². The normalized spacial score (nSPS) is 16.3. The van der Waals surface area contributed by atoms with Gasteiger partial charge in [0.1, 0.15) is 0 Å². The van der Waals surface area contributed by atoms with Crippen LogP contribution in [0.15, 0.2) is 23.6 Å². The highest BCUT2D eigenvalue weighted by molar-refractivity contribution is 5.29. The fraction of sp³-hybridized carbons (Fsp3) is 0.636. The lowest BCUT2D eigenvalue weighted by Gasteiger charge is -2.41. The Balaban J connectivity index is 6.91. The van der Waals surface area contributed by atoms with E-state index in [2.05, 4.69) is 0 Å². The molecule has 0 aromatic heterocycles. The molecule has 0 spiro atoms. The van der Waals surface area contributed by atoms with Gasteiger partial charge in [0.2, 0.25) is 17.5 Å². The first-order valence-corrected chi connectivity index (χ1v) is 6.28. The number of halogens is 20. The summed E-state index contributed by atoms with van der Waals surface area (Å²) in [7, 11) is 0. The van der Waals surface area contributed by atoms with E-state index in [1.807, 2.05) is 0 Å². The van der Waals surface area contributed by atoms with E-state index in [4.69, 9.17) is 0 Å². The van der Waals surface area contributed by atoms with Crippen molar-refractivity contribution in [1.29, 1.82) is 0 Å². The van der Waals surface area contributed by atoms with Crippen LogP contribution >= 0.6 is 0 Å². The second kappa shape index (κ2) is 7.59. The van der Waals surface area contributed by atoms with Crippen molar-refractivity contribution in [2.45, 2.75) is 41.7 Å². The Hall–Kier alpha value is -1.92. The first-order valence-electron chi connectivity index (χ1n) is 6.28. The van der Waals surface area contributed by atoms with E-state index in [-0.39, 0.29) is 0 Å². The van der Waals surface area contributed by atoms with Crippen LogP contribution in [0.5, 0.6) is 0 Å². The van der Waals surface area contributed by atoms with Crippen molar-refractivity contribution in [3.8, 4) is 0 Å². The second-order valence-electron chi connectivity index (χ2n) is 5.15. The Morgan fingerprint density at radius 1 is 0.355 bits per heavy atom. The smallest absolute Gasteiger partial charge is 0.201 e. The number of rotatable bonds is 7. The molecule has 184 valence electrons. The van der Waals surface area contributed by atoms with Crippen LogP contribution in [-0.4, -0.2) is 41.7 Å². The van der Waals surface area contributed by atoms with Crippen molar-refractivity contribution in [2.24, 2.45) is 0 Å². The van der Waals surface area contributed by atoms with Gasteiger partial charge in [0, 0.05) is 0 Å². The highest BCUT2D eigenvalue weighted by Crippen LogP contribution is 2.63. The zero-order valence-electron chi connectivity index (χ0n) is 13.1. The Morgan fingerprint density at radius 3 is 0.935 bits per heavy atom.